The van der Waals surface area contributed by atoms with Gasteiger partial charge in [-0.3, -0.25) is 14.6 Å². The summed E-state index contributed by atoms with van der Waals surface area (Å²) in [5.41, 5.74) is 3.29. The van der Waals surface area contributed by atoms with Gasteiger partial charge in [-0.2, -0.15) is 0 Å². The molecule has 1 aromatic carbocycles. The molecular formula is C19H18N4O2S. The van der Waals surface area contributed by atoms with Gasteiger partial charge in [0.2, 0.25) is 5.91 Å². The van der Waals surface area contributed by atoms with Crippen LogP contribution in [0, 0.1) is 0 Å². The van der Waals surface area contributed by atoms with Crippen molar-refractivity contribution in [3.8, 4) is 10.6 Å². The topological polar surface area (TPSA) is 84.0 Å². The minimum atomic E-state index is -0.114. The summed E-state index contributed by atoms with van der Waals surface area (Å²) in [5, 5.41) is 8.53. The summed E-state index contributed by atoms with van der Waals surface area (Å²) in [6.45, 7) is 2.00. The molecule has 0 saturated heterocycles. The molecule has 0 radical (unpaired) electrons. The zero-order valence-corrected chi connectivity index (χ0v) is 15.0. The van der Waals surface area contributed by atoms with E-state index in [-0.39, 0.29) is 11.8 Å². The predicted molar refractivity (Wildman–Crippen MR) is 102 cm³/mol. The van der Waals surface area contributed by atoms with E-state index >= 15 is 0 Å². The average molecular weight is 366 g/mol. The number of pyridine rings is 1. The molecule has 0 aliphatic carbocycles. The molecule has 0 bridgehead atoms. The van der Waals surface area contributed by atoms with Gasteiger partial charge in [0.05, 0.1) is 5.69 Å². The monoisotopic (exact) mass is 366 g/mol. The standard InChI is InChI=1S/C19H18N4O2S/c1-13(24)22-16-4-2-15(3-5-16)19-23-17(12-26-19)8-11-21-18(25)14-6-9-20-10-7-14/h2-7,9-10,12H,8,11H2,1H3,(H,21,25)(H,22,24). The van der Waals surface area contributed by atoms with Gasteiger partial charge in [0.1, 0.15) is 5.01 Å². The Hall–Kier alpha value is -3.06. The van der Waals surface area contributed by atoms with E-state index in [1.807, 2.05) is 29.6 Å². The van der Waals surface area contributed by atoms with Crippen molar-refractivity contribution >= 4 is 28.8 Å². The third-order valence-electron chi connectivity index (χ3n) is 3.61. The Morgan fingerprint density at radius 2 is 1.81 bits per heavy atom. The Morgan fingerprint density at radius 1 is 1.08 bits per heavy atom. The molecule has 0 spiro atoms. The van der Waals surface area contributed by atoms with Gasteiger partial charge in [0.25, 0.3) is 5.91 Å². The maximum Gasteiger partial charge on any atom is 0.251 e. The highest BCUT2D eigenvalue weighted by Crippen LogP contribution is 2.25. The van der Waals surface area contributed by atoms with Gasteiger partial charge in [0, 0.05) is 54.5 Å². The fraction of sp³-hybridized carbons (Fsp3) is 0.158. The summed E-state index contributed by atoms with van der Waals surface area (Å²) in [7, 11) is 0. The van der Waals surface area contributed by atoms with Crippen molar-refractivity contribution < 1.29 is 9.59 Å². The molecule has 0 unspecified atom stereocenters. The van der Waals surface area contributed by atoms with E-state index in [1.165, 1.54) is 6.92 Å². The summed E-state index contributed by atoms with van der Waals surface area (Å²) in [6, 6.07) is 10.9. The molecule has 0 aliphatic heterocycles. The van der Waals surface area contributed by atoms with Crippen LogP contribution in [0.15, 0.2) is 54.2 Å². The van der Waals surface area contributed by atoms with E-state index in [9.17, 15) is 9.59 Å². The van der Waals surface area contributed by atoms with Crippen molar-refractivity contribution in [1.29, 1.82) is 0 Å². The van der Waals surface area contributed by atoms with Crippen LogP contribution in [-0.4, -0.2) is 28.3 Å². The van der Waals surface area contributed by atoms with Crippen molar-refractivity contribution in [1.82, 2.24) is 15.3 Å². The SMILES string of the molecule is CC(=O)Nc1ccc(-c2nc(CCNC(=O)c3ccncc3)cs2)cc1. The molecule has 0 fully saturated rings. The number of hydrogen-bond acceptors (Lipinski definition) is 5. The van der Waals surface area contributed by atoms with Crippen molar-refractivity contribution in [2.45, 2.75) is 13.3 Å². The molecule has 6 nitrogen and oxygen atoms in total. The van der Waals surface area contributed by atoms with Crippen LogP contribution in [0.4, 0.5) is 5.69 Å². The highest BCUT2D eigenvalue weighted by atomic mass is 32.1. The number of amides is 2. The van der Waals surface area contributed by atoms with Crippen LogP contribution in [0.1, 0.15) is 23.0 Å². The number of anilines is 1. The number of thiazole rings is 1. The van der Waals surface area contributed by atoms with Crippen LogP contribution in [0.2, 0.25) is 0 Å². The predicted octanol–water partition coefficient (Wildman–Crippen LogP) is 3.14. The summed E-state index contributed by atoms with van der Waals surface area (Å²) in [4.78, 5) is 31.5. The minimum absolute atomic E-state index is 0.0944. The van der Waals surface area contributed by atoms with Crippen LogP contribution in [-0.2, 0) is 11.2 Å². The summed E-state index contributed by atoms with van der Waals surface area (Å²) in [5.74, 6) is -0.209. The summed E-state index contributed by atoms with van der Waals surface area (Å²) in [6.07, 6.45) is 3.86. The molecule has 26 heavy (non-hydrogen) atoms. The van der Waals surface area contributed by atoms with E-state index in [0.717, 1.165) is 22.0 Å². The first-order valence-electron chi connectivity index (χ1n) is 8.12. The van der Waals surface area contributed by atoms with E-state index in [2.05, 4.69) is 20.6 Å². The van der Waals surface area contributed by atoms with Crippen molar-refractivity contribution in [3.05, 3.63) is 65.4 Å². The first kappa shape index (κ1) is 17.8. The van der Waals surface area contributed by atoms with Crippen LogP contribution < -0.4 is 10.6 Å². The molecule has 0 aliphatic rings. The number of carbonyl (C=O) groups is 2. The molecule has 132 valence electrons. The Kier molecular flexibility index (Phi) is 5.70. The summed E-state index contributed by atoms with van der Waals surface area (Å²) >= 11 is 1.56. The highest BCUT2D eigenvalue weighted by molar-refractivity contribution is 7.13. The Morgan fingerprint density at radius 3 is 2.50 bits per heavy atom. The third-order valence-corrected chi connectivity index (χ3v) is 4.55. The number of nitrogens with zero attached hydrogens (tertiary/aromatic N) is 2. The highest BCUT2D eigenvalue weighted by Gasteiger charge is 2.07. The lowest BCUT2D eigenvalue weighted by molar-refractivity contribution is -0.114. The van der Waals surface area contributed by atoms with Gasteiger partial charge in [-0.25, -0.2) is 4.98 Å². The molecule has 2 N–H and O–H groups in total. The van der Waals surface area contributed by atoms with Crippen molar-refractivity contribution in [3.63, 3.8) is 0 Å². The van der Waals surface area contributed by atoms with Gasteiger partial charge in [-0.15, -0.1) is 11.3 Å². The fourth-order valence-corrected chi connectivity index (χ4v) is 3.22. The van der Waals surface area contributed by atoms with Gasteiger partial charge in [-0.1, -0.05) is 0 Å². The lowest BCUT2D eigenvalue weighted by atomic mass is 10.2. The number of aromatic nitrogens is 2. The van der Waals surface area contributed by atoms with Crippen LogP contribution in [0.5, 0.6) is 0 Å². The quantitative estimate of drug-likeness (QED) is 0.702. The maximum absolute atomic E-state index is 12.0. The maximum atomic E-state index is 12.0. The van der Waals surface area contributed by atoms with Crippen molar-refractivity contribution in [2.75, 3.05) is 11.9 Å². The van der Waals surface area contributed by atoms with Crippen LogP contribution >= 0.6 is 11.3 Å². The Labute approximate surface area is 155 Å². The fourth-order valence-electron chi connectivity index (χ4n) is 2.36. The van der Waals surface area contributed by atoms with E-state index in [0.29, 0.717) is 18.5 Å². The molecule has 3 rings (SSSR count). The number of hydrogen-bond donors (Lipinski definition) is 2. The normalized spacial score (nSPS) is 10.3. The largest absolute Gasteiger partial charge is 0.352 e. The smallest absolute Gasteiger partial charge is 0.251 e. The molecule has 0 saturated carbocycles. The van der Waals surface area contributed by atoms with Crippen molar-refractivity contribution in [2.24, 2.45) is 0 Å². The van der Waals surface area contributed by atoms with Crippen LogP contribution in [0.25, 0.3) is 10.6 Å². The first-order chi connectivity index (χ1) is 12.6. The number of benzene rings is 1. The molecule has 2 amide bonds. The zero-order valence-electron chi connectivity index (χ0n) is 14.2. The van der Waals surface area contributed by atoms with Gasteiger partial charge < -0.3 is 10.6 Å². The summed E-state index contributed by atoms with van der Waals surface area (Å²) < 4.78 is 0. The molecular weight excluding hydrogens is 348 g/mol. The second kappa shape index (κ2) is 8.35. The molecule has 7 heteroatoms. The first-order valence-corrected chi connectivity index (χ1v) is 9.00. The molecule has 2 heterocycles. The van der Waals surface area contributed by atoms with Gasteiger partial charge in [-0.05, 0) is 36.4 Å². The van der Waals surface area contributed by atoms with Gasteiger partial charge in [0.15, 0.2) is 0 Å². The lowest BCUT2D eigenvalue weighted by Gasteiger charge is -2.04. The zero-order chi connectivity index (χ0) is 18.4. The van der Waals surface area contributed by atoms with E-state index in [1.54, 1.807) is 35.9 Å². The third kappa shape index (κ3) is 4.73. The average Bonchev–Trinajstić information content (AvgIpc) is 3.11. The molecule has 0 atom stereocenters. The number of nitrogens with one attached hydrogen (secondary N) is 2. The van der Waals surface area contributed by atoms with Gasteiger partial charge >= 0.3 is 0 Å². The second-order valence-corrected chi connectivity index (χ2v) is 6.50. The lowest BCUT2D eigenvalue weighted by Crippen LogP contribution is -2.25. The van der Waals surface area contributed by atoms with Crippen LogP contribution in [0.3, 0.4) is 0 Å². The minimum Gasteiger partial charge on any atom is -0.352 e. The van der Waals surface area contributed by atoms with E-state index in [4.69, 9.17) is 0 Å². The Bertz CT molecular complexity index is 891. The number of carbonyl (C=O) groups excluding carboxylic acids is 2. The number of rotatable bonds is 6. The second-order valence-electron chi connectivity index (χ2n) is 5.64. The molecule has 2 aromatic heterocycles. The van der Waals surface area contributed by atoms with E-state index < -0.39 is 0 Å². The Balaban J connectivity index is 1.54. The molecule has 3 aromatic rings.